The molecule has 132 valence electrons. The molecule has 0 atom stereocenters. The molecule has 0 radical (unpaired) electrons. The minimum atomic E-state index is -1.03. The molecule has 7 heteroatoms. The first-order valence-corrected chi connectivity index (χ1v) is 8.10. The van der Waals surface area contributed by atoms with Crippen LogP contribution in [0.15, 0.2) is 60.8 Å². The minimum Gasteiger partial charge on any atom is -0.366 e. The molecule has 2 aromatic carbocycles. The van der Waals surface area contributed by atoms with E-state index in [4.69, 9.17) is 11.6 Å². The first-order chi connectivity index (χ1) is 12.5. The molecule has 1 heterocycles. The topological polar surface area (TPSA) is 54.0 Å². The van der Waals surface area contributed by atoms with Crippen molar-refractivity contribution in [1.29, 1.82) is 0 Å². The Hall–Kier alpha value is -2.99. The van der Waals surface area contributed by atoms with Gasteiger partial charge >= 0.3 is 0 Å². The van der Waals surface area contributed by atoms with Crippen molar-refractivity contribution in [3.05, 3.63) is 88.6 Å². The van der Waals surface area contributed by atoms with E-state index in [1.165, 1.54) is 12.3 Å². The van der Waals surface area contributed by atoms with E-state index in [0.717, 1.165) is 17.7 Å². The average Bonchev–Trinajstić information content (AvgIpc) is 2.64. The Morgan fingerprint density at radius 2 is 1.85 bits per heavy atom. The van der Waals surface area contributed by atoms with E-state index in [1.54, 1.807) is 18.2 Å². The molecule has 0 fully saturated rings. The highest BCUT2D eigenvalue weighted by molar-refractivity contribution is 6.31. The second-order valence-corrected chi connectivity index (χ2v) is 5.87. The van der Waals surface area contributed by atoms with E-state index >= 15 is 0 Å². The predicted molar refractivity (Wildman–Crippen MR) is 97.3 cm³/mol. The fraction of sp³-hybridized carbons (Fsp3) is 0.0526. The van der Waals surface area contributed by atoms with Crippen molar-refractivity contribution in [3.63, 3.8) is 0 Å². The van der Waals surface area contributed by atoms with E-state index in [2.05, 4.69) is 15.6 Å². The van der Waals surface area contributed by atoms with Crippen LogP contribution in [0.4, 0.5) is 20.3 Å². The Morgan fingerprint density at radius 1 is 1.04 bits per heavy atom. The van der Waals surface area contributed by atoms with Gasteiger partial charge in [0.15, 0.2) is 11.6 Å². The third-order valence-electron chi connectivity index (χ3n) is 3.62. The van der Waals surface area contributed by atoms with Crippen molar-refractivity contribution >= 4 is 29.0 Å². The van der Waals surface area contributed by atoms with E-state index in [1.807, 2.05) is 18.2 Å². The number of hydrogen-bond acceptors (Lipinski definition) is 3. The molecular formula is C19H14ClF2N3O. The summed E-state index contributed by atoms with van der Waals surface area (Å²) < 4.78 is 26.1. The van der Waals surface area contributed by atoms with Crippen molar-refractivity contribution in [2.45, 2.75) is 6.54 Å². The largest absolute Gasteiger partial charge is 0.366 e. The standard InChI is InChI=1S/C19H14ClF2N3O/c20-15-4-2-1-3-12(15)10-23-18-8-5-13(11-24-18)19(26)25-14-6-7-16(21)17(22)9-14/h1-9,11H,10H2,(H,23,24)(H,25,26). The summed E-state index contributed by atoms with van der Waals surface area (Å²) >= 11 is 6.09. The van der Waals surface area contributed by atoms with Crippen LogP contribution in [-0.2, 0) is 6.54 Å². The van der Waals surface area contributed by atoms with Crippen molar-refractivity contribution in [1.82, 2.24) is 4.98 Å². The number of amides is 1. The van der Waals surface area contributed by atoms with Gasteiger partial charge in [0.2, 0.25) is 0 Å². The monoisotopic (exact) mass is 373 g/mol. The Balaban J connectivity index is 1.62. The zero-order valence-electron chi connectivity index (χ0n) is 13.5. The van der Waals surface area contributed by atoms with Gasteiger partial charge in [0, 0.05) is 29.5 Å². The quantitative estimate of drug-likeness (QED) is 0.670. The molecule has 0 bridgehead atoms. The number of pyridine rings is 1. The molecule has 0 saturated carbocycles. The van der Waals surface area contributed by atoms with Gasteiger partial charge in [-0.3, -0.25) is 4.79 Å². The Labute approximate surface area is 153 Å². The normalized spacial score (nSPS) is 10.4. The van der Waals surface area contributed by atoms with Crippen molar-refractivity contribution in [2.75, 3.05) is 10.6 Å². The summed E-state index contributed by atoms with van der Waals surface area (Å²) in [5, 5.41) is 6.26. The Kier molecular flexibility index (Phi) is 5.43. The molecule has 0 spiro atoms. The fourth-order valence-electron chi connectivity index (χ4n) is 2.24. The van der Waals surface area contributed by atoms with Crippen LogP contribution in [0.3, 0.4) is 0 Å². The molecular weight excluding hydrogens is 360 g/mol. The van der Waals surface area contributed by atoms with Gasteiger partial charge in [-0.2, -0.15) is 0 Å². The minimum absolute atomic E-state index is 0.162. The van der Waals surface area contributed by atoms with Gasteiger partial charge in [0.1, 0.15) is 5.82 Å². The van der Waals surface area contributed by atoms with Crippen molar-refractivity contribution < 1.29 is 13.6 Å². The van der Waals surface area contributed by atoms with Crippen LogP contribution in [0, 0.1) is 11.6 Å². The van der Waals surface area contributed by atoms with Crippen LogP contribution in [0.1, 0.15) is 15.9 Å². The van der Waals surface area contributed by atoms with Crippen LogP contribution >= 0.6 is 11.6 Å². The van der Waals surface area contributed by atoms with E-state index < -0.39 is 17.5 Å². The summed E-state index contributed by atoms with van der Waals surface area (Å²) in [6, 6.07) is 13.8. The lowest BCUT2D eigenvalue weighted by molar-refractivity contribution is 0.102. The zero-order chi connectivity index (χ0) is 18.5. The van der Waals surface area contributed by atoms with Crippen LogP contribution in [-0.4, -0.2) is 10.9 Å². The second-order valence-electron chi connectivity index (χ2n) is 5.46. The number of rotatable bonds is 5. The highest BCUT2D eigenvalue weighted by atomic mass is 35.5. The van der Waals surface area contributed by atoms with Crippen LogP contribution in [0.25, 0.3) is 0 Å². The molecule has 1 amide bonds. The molecule has 1 aromatic heterocycles. The molecule has 4 nitrogen and oxygen atoms in total. The molecule has 3 aromatic rings. The molecule has 0 aliphatic rings. The molecule has 3 rings (SSSR count). The number of carbonyl (C=O) groups is 1. The number of anilines is 2. The van der Waals surface area contributed by atoms with Crippen LogP contribution < -0.4 is 10.6 Å². The molecule has 0 saturated heterocycles. The number of carbonyl (C=O) groups excluding carboxylic acids is 1. The summed E-state index contributed by atoms with van der Waals surface area (Å²) in [5.74, 6) is -1.89. The first-order valence-electron chi connectivity index (χ1n) is 7.72. The number of benzene rings is 2. The van der Waals surface area contributed by atoms with Gasteiger partial charge in [-0.05, 0) is 35.9 Å². The molecule has 26 heavy (non-hydrogen) atoms. The van der Waals surface area contributed by atoms with E-state index in [-0.39, 0.29) is 11.3 Å². The molecule has 2 N–H and O–H groups in total. The highest BCUT2D eigenvalue weighted by Crippen LogP contribution is 2.17. The lowest BCUT2D eigenvalue weighted by Crippen LogP contribution is -2.13. The van der Waals surface area contributed by atoms with Gasteiger partial charge in [0.25, 0.3) is 5.91 Å². The third kappa shape index (κ3) is 4.34. The van der Waals surface area contributed by atoms with Gasteiger partial charge in [-0.15, -0.1) is 0 Å². The fourth-order valence-corrected chi connectivity index (χ4v) is 2.44. The summed E-state index contributed by atoms with van der Waals surface area (Å²) in [6.07, 6.45) is 1.39. The van der Waals surface area contributed by atoms with Gasteiger partial charge in [0.05, 0.1) is 5.56 Å². The smallest absolute Gasteiger partial charge is 0.257 e. The SMILES string of the molecule is O=C(Nc1ccc(F)c(F)c1)c1ccc(NCc2ccccc2Cl)nc1. The number of halogens is 3. The predicted octanol–water partition coefficient (Wildman–Crippen LogP) is 4.88. The average molecular weight is 374 g/mol. The summed E-state index contributed by atoms with van der Waals surface area (Å²) in [6.45, 7) is 0.493. The maximum Gasteiger partial charge on any atom is 0.257 e. The summed E-state index contributed by atoms with van der Waals surface area (Å²) in [7, 11) is 0. The molecule has 0 unspecified atom stereocenters. The lowest BCUT2D eigenvalue weighted by atomic mass is 10.2. The number of nitrogens with one attached hydrogen (secondary N) is 2. The number of nitrogens with zero attached hydrogens (tertiary/aromatic N) is 1. The van der Waals surface area contributed by atoms with Crippen LogP contribution in [0.2, 0.25) is 5.02 Å². The maximum absolute atomic E-state index is 13.2. The highest BCUT2D eigenvalue weighted by Gasteiger charge is 2.09. The Bertz CT molecular complexity index is 932. The summed E-state index contributed by atoms with van der Waals surface area (Å²) in [5.41, 5.74) is 1.38. The lowest BCUT2D eigenvalue weighted by Gasteiger charge is -2.09. The number of hydrogen-bond donors (Lipinski definition) is 2. The summed E-state index contributed by atoms with van der Waals surface area (Å²) in [4.78, 5) is 16.3. The number of aromatic nitrogens is 1. The third-order valence-corrected chi connectivity index (χ3v) is 3.99. The van der Waals surface area contributed by atoms with Gasteiger partial charge in [-0.1, -0.05) is 29.8 Å². The van der Waals surface area contributed by atoms with Crippen molar-refractivity contribution in [2.24, 2.45) is 0 Å². The van der Waals surface area contributed by atoms with Gasteiger partial charge < -0.3 is 10.6 Å². The van der Waals surface area contributed by atoms with Crippen molar-refractivity contribution in [3.8, 4) is 0 Å². The molecule has 0 aliphatic heterocycles. The van der Waals surface area contributed by atoms with E-state index in [0.29, 0.717) is 17.4 Å². The zero-order valence-corrected chi connectivity index (χ0v) is 14.2. The van der Waals surface area contributed by atoms with Gasteiger partial charge in [-0.25, -0.2) is 13.8 Å². The second kappa shape index (κ2) is 7.93. The van der Waals surface area contributed by atoms with Crippen LogP contribution in [0.5, 0.6) is 0 Å². The Morgan fingerprint density at radius 3 is 2.54 bits per heavy atom. The van der Waals surface area contributed by atoms with E-state index in [9.17, 15) is 13.6 Å². The molecule has 0 aliphatic carbocycles. The maximum atomic E-state index is 13.2. The first kappa shape index (κ1) is 17.8.